The van der Waals surface area contributed by atoms with Crippen LogP contribution in [0.15, 0.2) is 216 Å². The van der Waals surface area contributed by atoms with Crippen molar-refractivity contribution in [1.29, 1.82) is 0 Å². The second-order valence-corrected chi connectivity index (χ2v) is 13.0. The first-order valence-electron chi connectivity index (χ1n) is 17.7. The molecule has 1 heterocycles. The smallest absolute Gasteiger partial charge is 0.0803 e. The van der Waals surface area contributed by atoms with Gasteiger partial charge in [0.05, 0.1) is 22.8 Å². The molecule has 0 saturated carbocycles. The third-order valence-electron chi connectivity index (χ3n) is 9.62. The average molecular weight is 663 g/mol. The van der Waals surface area contributed by atoms with E-state index in [1.807, 2.05) is 0 Å². The molecule has 0 fully saturated rings. The topological polar surface area (TPSA) is 24.7 Å². The van der Waals surface area contributed by atoms with Gasteiger partial charge in [-0.3, -0.25) is 0 Å². The van der Waals surface area contributed by atoms with Crippen LogP contribution in [0.3, 0.4) is 0 Å². The predicted octanol–water partition coefficient (Wildman–Crippen LogP) is 13.0. The van der Waals surface area contributed by atoms with Gasteiger partial charge in [-0.15, -0.1) is 0 Å². The van der Waals surface area contributed by atoms with E-state index < -0.39 is 0 Å². The van der Waals surface area contributed by atoms with Crippen molar-refractivity contribution in [2.24, 2.45) is 9.98 Å². The molecule has 0 unspecified atom stereocenters. The molecule has 52 heavy (non-hydrogen) atoms. The summed E-state index contributed by atoms with van der Waals surface area (Å²) in [6.45, 7) is 0. The van der Waals surface area contributed by atoms with Gasteiger partial charge in [-0.1, -0.05) is 158 Å². The van der Waals surface area contributed by atoms with Crippen LogP contribution >= 0.6 is 0 Å². The minimum absolute atomic E-state index is 0.878. The molecule has 2 heteroatoms. The van der Waals surface area contributed by atoms with Crippen molar-refractivity contribution in [2.75, 3.05) is 0 Å². The molecular weight excluding hydrogens is 629 g/mol. The van der Waals surface area contributed by atoms with E-state index in [4.69, 9.17) is 9.98 Å². The average Bonchev–Trinajstić information content (AvgIpc) is 3.22. The number of nitrogens with zero attached hydrogens (tertiary/aromatic N) is 2. The van der Waals surface area contributed by atoms with E-state index in [1.165, 1.54) is 0 Å². The lowest BCUT2D eigenvalue weighted by atomic mass is 9.90. The normalized spacial score (nSPS) is 12.1. The molecular formula is C50H34N2. The summed E-state index contributed by atoms with van der Waals surface area (Å²) in [6.07, 6.45) is 0. The lowest BCUT2D eigenvalue weighted by Crippen LogP contribution is -2.11. The fraction of sp³-hybridized carbons (Fsp3) is 0. The fourth-order valence-electron chi connectivity index (χ4n) is 7.06. The number of aliphatic imine (C=N–C) groups is 2. The standard InChI is InChI=1S/C50H34N2/c1-5-17-35(18-6-1)39-29-40(36-19-7-2-8-20-36)32-43(31-39)49-45-25-13-15-27-47(45)52-50(46-26-14-16-28-48(46)51-49)44-33-41(37-21-9-3-10-22-37)30-42(34-44)38-23-11-4-12-24-38/h1-34H. The van der Waals surface area contributed by atoms with Crippen molar-refractivity contribution in [3.63, 3.8) is 0 Å². The summed E-state index contributed by atoms with van der Waals surface area (Å²) in [4.78, 5) is 11.1. The summed E-state index contributed by atoms with van der Waals surface area (Å²) in [7, 11) is 0. The molecule has 8 aromatic rings. The van der Waals surface area contributed by atoms with Gasteiger partial charge in [0, 0.05) is 22.3 Å². The van der Waals surface area contributed by atoms with Gasteiger partial charge in [0.2, 0.25) is 0 Å². The highest BCUT2D eigenvalue weighted by molar-refractivity contribution is 6.23. The Morgan fingerprint density at radius 1 is 0.212 bits per heavy atom. The first-order chi connectivity index (χ1) is 25.8. The number of para-hydroxylation sites is 2. The first-order valence-corrected chi connectivity index (χ1v) is 17.7. The molecule has 0 aliphatic carbocycles. The van der Waals surface area contributed by atoms with E-state index >= 15 is 0 Å². The molecule has 0 N–H and O–H groups in total. The fourth-order valence-corrected chi connectivity index (χ4v) is 7.06. The maximum absolute atomic E-state index is 5.55. The van der Waals surface area contributed by atoms with Crippen LogP contribution in [0.25, 0.3) is 44.5 Å². The molecule has 1 aliphatic heterocycles. The van der Waals surface area contributed by atoms with Crippen LogP contribution in [0.1, 0.15) is 22.3 Å². The van der Waals surface area contributed by atoms with Crippen LogP contribution in [0, 0.1) is 0 Å². The highest BCUT2D eigenvalue weighted by atomic mass is 14.8. The monoisotopic (exact) mass is 662 g/mol. The van der Waals surface area contributed by atoms with E-state index in [9.17, 15) is 0 Å². The van der Waals surface area contributed by atoms with Crippen molar-refractivity contribution in [3.05, 3.63) is 229 Å². The van der Waals surface area contributed by atoms with Gasteiger partial charge in [0.25, 0.3) is 0 Å². The number of rotatable bonds is 6. The molecule has 1 aliphatic rings. The number of fused-ring (bicyclic) bond motifs is 2. The highest BCUT2D eigenvalue weighted by Crippen LogP contribution is 2.37. The zero-order chi connectivity index (χ0) is 34.7. The minimum Gasteiger partial charge on any atom is -0.247 e. The predicted molar refractivity (Wildman–Crippen MR) is 218 cm³/mol. The summed E-state index contributed by atoms with van der Waals surface area (Å²) >= 11 is 0. The number of hydrogen-bond donors (Lipinski definition) is 0. The Bertz CT molecular complexity index is 2290. The molecule has 0 amide bonds. The van der Waals surface area contributed by atoms with E-state index in [1.54, 1.807) is 0 Å². The zero-order valence-electron chi connectivity index (χ0n) is 28.5. The summed E-state index contributed by atoms with van der Waals surface area (Å²) in [5.41, 5.74) is 16.8. The molecule has 244 valence electrons. The maximum Gasteiger partial charge on any atom is 0.0803 e. The summed E-state index contributed by atoms with van der Waals surface area (Å²) in [5, 5.41) is 0. The SMILES string of the molecule is c1ccc(-c2cc(C3=Nc4ccccc4C(c4cc(-c5ccccc5)cc(-c5ccccc5)c4)=Nc4ccccc43)cc(-c3ccccc3)c2)cc1. The third kappa shape index (κ3) is 6.19. The van der Waals surface area contributed by atoms with Crippen LogP contribution in [-0.2, 0) is 0 Å². The van der Waals surface area contributed by atoms with Gasteiger partial charge in [-0.25, -0.2) is 9.98 Å². The van der Waals surface area contributed by atoms with Crippen molar-refractivity contribution in [1.82, 2.24) is 0 Å². The summed E-state index contributed by atoms with van der Waals surface area (Å²) in [6, 6.07) is 72.8. The van der Waals surface area contributed by atoms with Crippen LogP contribution < -0.4 is 0 Å². The van der Waals surface area contributed by atoms with Gasteiger partial charge in [0.1, 0.15) is 0 Å². The Hall–Kier alpha value is -6.90. The Kier molecular flexibility index (Phi) is 8.24. The lowest BCUT2D eigenvalue weighted by molar-refractivity contribution is 1.39. The molecule has 2 nitrogen and oxygen atoms in total. The highest BCUT2D eigenvalue weighted by Gasteiger charge is 2.22. The van der Waals surface area contributed by atoms with Gasteiger partial charge in [-0.2, -0.15) is 0 Å². The van der Waals surface area contributed by atoms with Crippen molar-refractivity contribution in [3.8, 4) is 44.5 Å². The second-order valence-electron chi connectivity index (χ2n) is 13.0. The summed E-state index contributed by atoms with van der Waals surface area (Å²) < 4.78 is 0. The van der Waals surface area contributed by atoms with Gasteiger partial charge < -0.3 is 0 Å². The van der Waals surface area contributed by atoms with Crippen LogP contribution in [0.4, 0.5) is 11.4 Å². The van der Waals surface area contributed by atoms with E-state index in [0.29, 0.717) is 0 Å². The third-order valence-corrected chi connectivity index (χ3v) is 9.62. The lowest BCUT2D eigenvalue weighted by Gasteiger charge is -2.20. The maximum atomic E-state index is 5.55. The largest absolute Gasteiger partial charge is 0.247 e. The Morgan fingerprint density at radius 3 is 0.769 bits per heavy atom. The van der Waals surface area contributed by atoms with Crippen molar-refractivity contribution < 1.29 is 0 Å². The summed E-state index contributed by atoms with van der Waals surface area (Å²) in [5.74, 6) is 0. The number of benzene rings is 8. The van der Waals surface area contributed by atoms with Crippen LogP contribution in [0.5, 0.6) is 0 Å². The van der Waals surface area contributed by atoms with Gasteiger partial charge in [-0.05, 0) is 93.0 Å². The Balaban J connectivity index is 1.27. The second kappa shape index (κ2) is 13.8. The van der Waals surface area contributed by atoms with E-state index in [2.05, 4.69) is 206 Å². The van der Waals surface area contributed by atoms with Gasteiger partial charge in [0.15, 0.2) is 0 Å². The first kappa shape index (κ1) is 31.1. The minimum atomic E-state index is 0.878. The molecule has 0 spiro atoms. The van der Waals surface area contributed by atoms with Gasteiger partial charge >= 0.3 is 0 Å². The molecule has 0 aromatic heterocycles. The van der Waals surface area contributed by atoms with Crippen molar-refractivity contribution in [2.45, 2.75) is 0 Å². The Morgan fingerprint density at radius 2 is 0.462 bits per heavy atom. The van der Waals surface area contributed by atoms with E-state index in [-0.39, 0.29) is 0 Å². The Labute approximate surface area is 304 Å². The van der Waals surface area contributed by atoms with Crippen molar-refractivity contribution >= 4 is 22.8 Å². The number of hydrogen-bond acceptors (Lipinski definition) is 2. The molecule has 0 atom stereocenters. The van der Waals surface area contributed by atoms with Crippen LogP contribution in [0.2, 0.25) is 0 Å². The molecule has 0 bridgehead atoms. The van der Waals surface area contributed by atoms with Crippen LogP contribution in [-0.4, -0.2) is 11.4 Å². The molecule has 0 saturated heterocycles. The molecule has 8 aromatic carbocycles. The quantitative estimate of drug-likeness (QED) is 0.169. The zero-order valence-corrected chi connectivity index (χ0v) is 28.5. The molecule has 0 radical (unpaired) electrons. The van der Waals surface area contributed by atoms with E-state index in [0.717, 1.165) is 89.6 Å². The molecule has 9 rings (SSSR count).